The molecule has 8 atom stereocenters. The lowest BCUT2D eigenvalue weighted by Gasteiger charge is -2.58. The van der Waals surface area contributed by atoms with Crippen LogP contribution in [0.3, 0.4) is 0 Å². The van der Waals surface area contributed by atoms with E-state index in [0.717, 1.165) is 42.1 Å². The Morgan fingerprint density at radius 1 is 0.906 bits per heavy atom. The van der Waals surface area contributed by atoms with E-state index in [1.165, 1.54) is 70.6 Å². The molecule has 0 N–H and O–H groups in total. The molecule has 3 fully saturated rings. The third-order valence-corrected chi connectivity index (χ3v) is 10.9. The molecule has 4 aliphatic carbocycles. The van der Waals surface area contributed by atoms with E-state index in [9.17, 15) is 0 Å². The van der Waals surface area contributed by atoms with Crippen molar-refractivity contribution in [2.75, 3.05) is 6.61 Å². The summed E-state index contributed by atoms with van der Waals surface area (Å²) in [6.45, 7) is 18.2. The Morgan fingerprint density at radius 2 is 1.69 bits per heavy atom. The molecule has 1 heteroatoms. The highest BCUT2D eigenvalue weighted by atomic mass is 16.5. The van der Waals surface area contributed by atoms with Gasteiger partial charge in [-0.1, -0.05) is 79.4 Å². The van der Waals surface area contributed by atoms with Gasteiger partial charge in [0.15, 0.2) is 0 Å². The number of fused-ring (bicyclic) bond motifs is 5. The molecule has 0 saturated heterocycles. The van der Waals surface area contributed by atoms with Gasteiger partial charge in [0.1, 0.15) is 0 Å². The van der Waals surface area contributed by atoms with Gasteiger partial charge in [-0.25, -0.2) is 0 Å². The van der Waals surface area contributed by atoms with Gasteiger partial charge in [-0.2, -0.15) is 0 Å². The molecule has 0 aromatic rings. The van der Waals surface area contributed by atoms with Crippen LogP contribution in [-0.4, -0.2) is 12.7 Å². The van der Waals surface area contributed by atoms with E-state index in [4.69, 9.17) is 4.74 Å². The molecule has 184 valence electrons. The molecular formula is C31H54O. The Labute approximate surface area is 200 Å². The molecule has 0 aliphatic heterocycles. The van der Waals surface area contributed by atoms with E-state index >= 15 is 0 Å². The zero-order valence-electron chi connectivity index (χ0n) is 22.6. The third kappa shape index (κ3) is 4.63. The fourth-order valence-corrected chi connectivity index (χ4v) is 9.12. The van der Waals surface area contributed by atoms with Crippen molar-refractivity contribution in [3.05, 3.63) is 11.6 Å². The lowest BCUT2D eigenvalue weighted by atomic mass is 9.47. The molecule has 1 nitrogen and oxygen atoms in total. The molecule has 0 bridgehead atoms. The van der Waals surface area contributed by atoms with Crippen LogP contribution in [0.4, 0.5) is 0 Å². The van der Waals surface area contributed by atoms with Crippen molar-refractivity contribution in [1.29, 1.82) is 0 Å². The van der Waals surface area contributed by atoms with Gasteiger partial charge in [0, 0.05) is 6.61 Å². The first-order valence-electron chi connectivity index (χ1n) is 14.5. The van der Waals surface area contributed by atoms with Crippen molar-refractivity contribution in [3.63, 3.8) is 0 Å². The molecule has 0 heterocycles. The van der Waals surface area contributed by atoms with E-state index in [0.29, 0.717) is 22.9 Å². The smallest absolute Gasteiger partial charge is 0.0612 e. The second kappa shape index (κ2) is 9.75. The van der Waals surface area contributed by atoms with Gasteiger partial charge in [-0.3, -0.25) is 0 Å². The summed E-state index contributed by atoms with van der Waals surface area (Å²) in [5.41, 5.74) is 2.85. The average molecular weight is 443 g/mol. The fraction of sp³-hybridized carbons (Fsp3) is 0.935. The van der Waals surface area contributed by atoms with E-state index in [-0.39, 0.29) is 0 Å². The standard InChI is InChI=1S/C31H54O/c1-21(2)9-8-10-23(5)27-13-14-28-26-12-11-24-19-25(32-20-22(3)4)15-17-30(24,6)29(26)16-18-31(27,28)7/h11,21-23,25-29H,8-10,12-20H2,1-7H3/t23-,25+,26?,27-,28+,29+,30+,31-/m1/s1. The maximum atomic E-state index is 6.31. The quantitative estimate of drug-likeness (QED) is 0.341. The van der Waals surface area contributed by atoms with Gasteiger partial charge in [-0.15, -0.1) is 0 Å². The fourth-order valence-electron chi connectivity index (χ4n) is 9.12. The van der Waals surface area contributed by atoms with Gasteiger partial charge in [-0.05, 0) is 104 Å². The van der Waals surface area contributed by atoms with Crippen LogP contribution in [0.5, 0.6) is 0 Å². The Kier molecular flexibility index (Phi) is 7.56. The predicted molar refractivity (Wildman–Crippen MR) is 138 cm³/mol. The van der Waals surface area contributed by atoms with Crippen LogP contribution >= 0.6 is 0 Å². The van der Waals surface area contributed by atoms with Crippen molar-refractivity contribution < 1.29 is 4.74 Å². The highest BCUT2D eigenvalue weighted by Crippen LogP contribution is 2.67. The monoisotopic (exact) mass is 442 g/mol. The molecule has 32 heavy (non-hydrogen) atoms. The summed E-state index contributed by atoms with van der Waals surface area (Å²) in [5.74, 6) is 6.25. The molecule has 1 unspecified atom stereocenters. The molecule has 0 radical (unpaired) electrons. The lowest BCUT2D eigenvalue weighted by Crippen LogP contribution is -2.51. The van der Waals surface area contributed by atoms with E-state index in [1.807, 2.05) is 0 Å². The summed E-state index contributed by atoms with van der Waals surface area (Å²) < 4.78 is 6.31. The zero-order chi connectivity index (χ0) is 23.1. The van der Waals surface area contributed by atoms with E-state index < -0.39 is 0 Å². The highest BCUT2D eigenvalue weighted by Gasteiger charge is 2.59. The number of ether oxygens (including phenoxy) is 1. The van der Waals surface area contributed by atoms with Crippen molar-refractivity contribution in [3.8, 4) is 0 Å². The number of rotatable bonds is 8. The molecule has 0 spiro atoms. The number of allylic oxidation sites excluding steroid dienone is 1. The topological polar surface area (TPSA) is 9.23 Å². The molecule has 0 amide bonds. The van der Waals surface area contributed by atoms with Crippen molar-refractivity contribution in [2.45, 2.75) is 125 Å². The predicted octanol–water partition coefficient (Wildman–Crippen LogP) is 9.07. The average Bonchev–Trinajstić information content (AvgIpc) is 3.09. The van der Waals surface area contributed by atoms with Crippen LogP contribution in [-0.2, 0) is 4.74 Å². The molecule has 4 aliphatic rings. The Morgan fingerprint density at radius 3 is 2.41 bits per heavy atom. The van der Waals surface area contributed by atoms with E-state index in [1.54, 1.807) is 5.57 Å². The molecule has 0 aromatic heterocycles. The summed E-state index contributed by atoms with van der Waals surface area (Å²) in [4.78, 5) is 0. The van der Waals surface area contributed by atoms with Gasteiger partial charge >= 0.3 is 0 Å². The number of hydrogen-bond donors (Lipinski definition) is 0. The van der Waals surface area contributed by atoms with Gasteiger partial charge in [0.2, 0.25) is 0 Å². The first-order valence-corrected chi connectivity index (χ1v) is 14.5. The van der Waals surface area contributed by atoms with Crippen molar-refractivity contribution in [2.24, 2.45) is 52.3 Å². The molecule has 4 rings (SSSR count). The van der Waals surface area contributed by atoms with Crippen LogP contribution in [0.1, 0.15) is 119 Å². The maximum absolute atomic E-state index is 6.31. The van der Waals surface area contributed by atoms with Crippen molar-refractivity contribution >= 4 is 0 Å². The van der Waals surface area contributed by atoms with E-state index in [2.05, 4.69) is 54.5 Å². The maximum Gasteiger partial charge on any atom is 0.0612 e. The minimum Gasteiger partial charge on any atom is -0.378 e. The summed E-state index contributed by atoms with van der Waals surface area (Å²) in [6.07, 6.45) is 18.7. The van der Waals surface area contributed by atoms with Crippen LogP contribution in [0.2, 0.25) is 0 Å². The number of hydrogen-bond acceptors (Lipinski definition) is 1. The third-order valence-electron chi connectivity index (χ3n) is 10.9. The zero-order valence-corrected chi connectivity index (χ0v) is 22.6. The van der Waals surface area contributed by atoms with Crippen LogP contribution in [0.15, 0.2) is 11.6 Å². The van der Waals surface area contributed by atoms with Gasteiger partial charge in [0.05, 0.1) is 6.10 Å². The van der Waals surface area contributed by atoms with Crippen LogP contribution in [0.25, 0.3) is 0 Å². The normalized spacial score (nSPS) is 42.4. The molecule has 0 aromatic carbocycles. The molecule has 3 saturated carbocycles. The molecular weight excluding hydrogens is 388 g/mol. The minimum atomic E-state index is 0.461. The first-order chi connectivity index (χ1) is 15.1. The van der Waals surface area contributed by atoms with Crippen LogP contribution in [0, 0.1) is 52.3 Å². The van der Waals surface area contributed by atoms with Crippen LogP contribution < -0.4 is 0 Å². The Hall–Kier alpha value is -0.300. The van der Waals surface area contributed by atoms with Crippen molar-refractivity contribution in [1.82, 2.24) is 0 Å². The van der Waals surface area contributed by atoms with Gasteiger partial charge in [0.25, 0.3) is 0 Å². The summed E-state index contributed by atoms with van der Waals surface area (Å²) >= 11 is 0. The Balaban J connectivity index is 1.44. The van der Waals surface area contributed by atoms with Gasteiger partial charge < -0.3 is 4.74 Å². The SMILES string of the molecule is CC(C)CCC[C@@H](C)[C@H]1CC[C@H]2C3CC=C4C[C@@H](OCC(C)C)CC[C@]4(C)[C@H]3CC[C@]12C. The summed E-state index contributed by atoms with van der Waals surface area (Å²) in [6, 6.07) is 0. The highest BCUT2D eigenvalue weighted by molar-refractivity contribution is 5.25. The minimum absolute atomic E-state index is 0.461. The summed E-state index contributed by atoms with van der Waals surface area (Å²) in [7, 11) is 0. The lowest BCUT2D eigenvalue weighted by molar-refractivity contribution is -0.0656. The second-order valence-electron chi connectivity index (χ2n) is 13.9. The first kappa shape index (κ1) is 24.8. The second-order valence-corrected chi connectivity index (χ2v) is 13.9. The summed E-state index contributed by atoms with van der Waals surface area (Å²) in [5, 5.41) is 0. The largest absolute Gasteiger partial charge is 0.378 e. The Bertz CT molecular complexity index is 661.